The lowest BCUT2D eigenvalue weighted by Gasteiger charge is -2.45. The highest BCUT2D eigenvalue weighted by atomic mass is 16.3. The fourth-order valence-corrected chi connectivity index (χ4v) is 7.87. The summed E-state index contributed by atoms with van der Waals surface area (Å²) >= 11 is 0. The van der Waals surface area contributed by atoms with Crippen molar-refractivity contribution in [1.82, 2.24) is 9.88 Å². The highest BCUT2D eigenvalue weighted by Gasteiger charge is 2.52. The number of pyridine rings is 1. The molecule has 2 N–H and O–H groups in total. The first-order valence-corrected chi connectivity index (χ1v) is 14.8. The van der Waals surface area contributed by atoms with Crippen molar-refractivity contribution in [3.05, 3.63) is 47.7 Å². The zero-order valence-electron chi connectivity index (χ0n) is 23.6. The maximum Gasteiger partial charge on any atom is 0.152 e. The molecule has 0 amide bonds. The van der Waals surface area contributed by atoms with Crippen LogP contribution in [0.1, 0.15) is 63.5 Å². The summed E-state index contributed by atoms with van der Waals surface area (Å²) in [6.45, 7) is 12.9. The number of hydrogen-bond donors (Lipinski definition) is 2. The summed E-state index contributed by atoms with van der Waals surface area (Å²) < 4.78 is 0. The molecule has 0 spiro atoms. The number of benzene rings is 1. The van der Waals surface area contributed by atoms with Crippen LogP contribution in [0.3, 0.4) is 0 Å². The first kappa shape index (κ1) is 27.0. The lowest BCUT2D eigenvalue weighted by molar-refractivity contribution is -0.129. The van der Waals surface area contributed by atoms with Crippen LogP contribution >= 0.6 is 0 Å². The summed E-state index contributed by atoms with van der Waals surface area (Å²) in [6.07, 6.45) is 9.13. The molecule has 0 radical (unpaired) electrons. The Hall–Kier alpha value is -2.60. The zero-order chi connectivity index (χ0) is 26.7. The quantitative estimate of drug-likeness (QED) is 0.445. The predicted molar refractivity (Wildman–Crippen MR) is 155 cm³/mol. The molecule has 1 saturated heterocycles. The summed E-state index contributed by atoms with van der Waals surface area (Å²) in [7, 11) is 0. The Labute approximate surface area is 228 Å². The second-order valence-corrected chi connectivity index (χ2v) is 12.2. The Bertz CT molecular complexity index is 1110. The van der Waals surface area contributed by atoms with E-state index in [-0.39, 0.29) is 5.41 Å². The molecule has 1 aromatic carbocycles. The maximum atomic E-state index is 13.0. The third-order valence-corrected chi connectivity index (χ3v) is 9.98. The van der Waals surface area contributed by atoms with Gasteiger partial charge in [0.15, 0.2) is 5.82 Å². The second-order valence-electron chi connectivity index (χ2n) is 12.2. The van der Waals surface area contributed by atoms with Crippen LogP contribution in [0.25, 0.3) is 0 Å². The Morgan fingerprint density at radius 2 is 1.95 bits per heavy atom. The second kappa shape index (κ2) is 11.6. The van der Waals surface area contributed by atoms with Crippen LogP contribution in [0, 0.1) is 30.1 Å². The van der Waals surface area contributed by atoms with Gasteiger partial charge in [-0.1, -0.05) is 13.0 Å². The third-order valence-electron chi connectivity index (χ3n) is 9.98. The van der Waals surface area contributed by atoms with Gasteiger partial charge in [-0.25, -0.2) is 4.98 Å². The van der Waals surface area contributed by atoms with Crippen LogP contribution in [-0.2, 0) is 11.2 Å². The molecule has 6 nitrogen and oxygen atoms in total. The van der Waals surface area contributed by atoms with Crippen molar-refractivity contribution >= 4 is 17.3 Å². The van der Waals surface area contributed by atoms with Gasteiger partial charge in [-0.3, -0.25) is 9.69 Å². The summed E-state index contributed by atoms with van der Waals surface area (Å²) in [4.78, 5) is 22.7. The van der Waals surface area contributed by atoms with E-state index in [1.165, 1.54) is 30.4 Å². The van der Waals surface area contributed by atoms with Gasteiger partial charge in [-0.2, -0.15) is 0 Å². The van der Waals surface area contributed by atoms with Crippen LogP contribution in [0.2, 0.25) is 0 Å². The lowest BCUT2D eigenvalue weighted by Crippen LogP contribution is -2.48. The number of anilines is 2. The van der Waals surface area contributed by atoms with E-state index in [9.17, 15) is 9.90 Å². The number of aryl methyl sites for hydroxylation is 2. The van der Waals surface area contributed by atoms with Crippen LogP contribution < -0.4 is 10.2 Å². The van der Waals surface area contributed by atoms with Crippen molar-refractivity contribution in [2.75, 3.05) is 49.5 Å². The highest BCUT2D eigenvalue weighted by Crippen LogP contribution is 2.58. The molecule has 0 bridgehead atoms. The van der Waals surface area contributed by atoms with Crippen LogP contribution in [-0.4, -0.2) is 60.0 Å². The number of hydrogen-bond acceptors (Lipinski definition) is 6. The molecule has 4 atom stereocenters. The Kier molecular flexibility index (Phi) is 8.27. The topological polar surface area (TPSA) is 68.7 Å². The number of aromatic hydroxyl groups is 1. The van der Waals surface area contributed by atoms with Crippen molar-refractivity contribution in [2.24, 2.45) is 23.2 Å². The number of aromatic nitrogens is 1. The molecule has 1 aromatic heterocycles. The van der Waals surface area contributed by atoms with E-state index < -0.39 is 0 Å². The normalized spacial score (nSPS) is 27.9. The van der Waals surface area contributed by atoms with E-state index in [2.05, 4.69) is 46.9 Å². The fourth-order valence-electron chi connectivity index (χ4n) is 7.87. The molecule has 5 rings (SSSR count). The number of phenolic OH excluding ortho intramolecular Hbond substituents is 1. The van der Waals surface area contributed by atoms with E-state index in [1.807, 2.05) is 24.4 Å². The minimum absolute atomic E-state index is 0.143. The molecule has 3 aliphatic rings. The van der Waals surface area contributed by atoms with Crippen molar-refractivity contribution < 1.29 is 9.90 Å². The van der Waals surface area contributed by atoms with Crippen LogP contribution in [0.15, 0.2) is 36.5 Å². The summed E-state index contributed by atoms with van der Waals surface area (Å²) in [5.41, 5.74) is 3.73. The molecule has 3 unspecified atom stereocenters. The van der Waals surface area contributed by atoms with E-state index >= 15 is 0 Å². The Morgan fingerprint density at radius 3 is 2.74 bits per heavy atom. The number of phenols is 1. The van der Waals surface area contributed by atoms with Crippen molar-refractivity contribution in [1.29, 1.82) is 0 Å². The van der Waals surface area contributed by atoms with Gasteiger partial charge in [-0.05, 0) is 111 Å². The Morgan fingerprint density at radius 1 is 1.13 bits per heavy atom. The first-order chi connectivity index (χ1) is 18.4. The molecule has 2 heterocycles. The number of nitrogens with zero attached hydrogens (tertiary/aromatic N) is 3. The predicted octanol–water partition coefficient (Wildman–Crippen LogP) is 5.68. The van der Waals surface area contributed by atoms with Gasteiger partial charge >= 0.3 is 0 Å². The number of rotatable bonds is 9. The molecular formula is C32H46N4O2. The largest absolute Gasteiger partial charge is 0.508 e. The average molecular weight is 519 g/mol. The van der Waals surface area contributed by atoms with E-state index in [1.54, 1.807) is 6.07 Å². The molecule has 1 aliphatic heterocycles. The zero-order valence-corrected chi connectivity index (χ0v) is 23.6. The van der Waals surface area contributed by atoms with Crippen molar-refractivity contribution in [3.63, 3.8) is 0 Å². The average Bonchev–Trinajstić information content (AvgIpc) is 3.24. The summed E-state index contributed by atoms with van der Waals surface area (Å²) in [5, 5.41) is 13.4. The fraction of sp³-hybridized carbons (Fsp3) is 0.625. The number of carbonyl (C=O) groups is 1. The van der Waals surface area contributed by atoms with Crippen molar-refractivity contribution in [2.45, 2.75) is 65.7 Å². The number of Topliss-reactive ketones (excluding diaryl/α,β-unsaturated/α-hetero) is 1. The van der Waals surface area contributed by atoms with Gasteiger partial charge in [0.2, 0.25) is 0 Å². The Balaban J connectivity index is 1.15. The van der Waals surface area contributed by atoms with E-state index in [0.717, 1.165) is 76.5 Å². The molecular weight excluding hydrogens is 472 g/mol. The minimum atomic E-state index is 0.143. The van der Waals surface area contributed by atoms with Crippen LogP contribution in [0.5, 0.6) is 5.75 Å². The van der Waals surface area contributed by atoms with Crippen molar-refractivity contribution in [3.8, 4) is 5.75 Å². The van der Waals surface area contributed by atoms with Gasteiger partial charge in [0, 0.05) is 51.8 Å². The summed E-state index contributed by atoms with van der Waals surface area (Å²) in [5.74, 6) is 3.64. The third kappa shape index (κ3) is 5.70. The molecule has 6 heteroatoms. The number of ketones is 1. The standard InChI is InChI=1S/C32H46N4O2/c1-4-33-30-6-5-14-34-31(30)36-18-16-35(17-19-36)15-13-26-10-12-29-25(21-28(38)22-32(26,29)3)9-8-24-20-27(37)11-7-23(24)2/h5-7,11,14,20,25-26,29,33,37H,4,8-10,12-13,15-19,21-22H2,1-3H3/t25?,26-,29?,32?/m1/s1. The number of fused-ring (bicyclic) bond motifs is 1. The van der Waals surface area contributed by atoms with Crippen LogP contribution in [0.4, 0.5) is 11.5 Å². The van der Waals surface area contributed by atoms with E-state index in [0.29, 0.717) is 29.3 Å². The molecule has 206 valence electrons. The highest BCUT2D eigenvalue weighted by molar-refractivity contribution is 5.80. The molecule has 3 fully saturated rings. The van der Waals surface area contributed by atoms with E-state index in [4.69, 9.17) is 0 Å². The molecule has 2 aliphatic carbocycles. The minimum Gasteiger partial charge on any atom is -0.508 e. The van der Waals surface area contributed by atoms with Gasteiger partial charge in [0.1, 0.15) is 11.5 Å². The van der Waals surface area contributed by atoms with Gasteiger partial charge in [0.25, 0.3) is 0 Å². The number of nitrogens with one attached hydrogen (secondary N) is 1. The van der Waals surface area contributed by atoms with Gasteiger partial charge in [0.05, 0.1) is 5.69 Å². The summed E-state index contributed by atoms with van der Waals surface area (Å²) in [6, 6.07) is 9.80. The van der Waals surface area contributed by atoms with Gasteiger partial charge in [-0.15, -0.1) is 0 Å². The maximum absolute atomic E-state index is 13.0. The smallest absolute Gasteiger partial charge is 0.152 e. The number of carbonyl (C=O) groups excluding carboxylic acids is 1. The lowest BCUT2D eigenvalue weighted by atomic mass is 9.59. The SMILES string of the molecule is CCNc1cccnc1N1CCN(CC[C@H]2CCC3C(CCc4cc(O)ccc4C)CC(=O)CC32C)CC1. The monoisotopic (exact) mass is 518 g/mol. The first-order valence-electron chi connectivity index (χ1n) is 14.8. The number of piperazine rings is 1. The molecule has 2 saturated carbocycles. The molecule has 2 aromatic rings. The van der Waals surface area contributed by atoms with Gasteiger partial charge < -0.3 is 15.3 Å². The molecule has 38 heavy (non-hydrogen) atoms.